The van der Waals surface area contributed by atoms with Gasteiger partial charge in [-0.3, -0.25) is 14.5 Å². The minimum atomic E-state index is -0.960. The van der Waals surface area contributed by atoms with Crippen LogP contribution in [0.4, 0.5) is 11.4 Å². The lowest BCUT2D eigenvalue weighted by molar-refractivity contribution is -0.132. The number of rotatable bonds is 3. The van der Waals surface area contributed by atoms with Crippen LogP contribution in [0.25, 0.3) is 5.76 Å². The first-order chi connectivity index (χ1) is 16.8. The molecule has 1 atom stereocenters. The SMILES string of the molecule is CN1CCOc2ccc(/C(O)=C3/C(=O)C(=O)N(c4ccc(Cl)c(Cl)c4)C3c3ccc(O)cc3)cc21. The molecule has 7 nitrogen and oxygen atoms in total. The number of halogens is 2. The van der Waals surface area contributed by atoms with E-state index < -0.39 is 17.7 Å². The van der Waals surface area contributed by atoms with Crippen LogP contribution in [0.5, 0.6) is 11.5 Å². The van der Waals surface area contributed by atoms with E-state index in [2.05, 4.69) is 0 Å². The van der Waals surface area contributed by atoms with E-state index in [4.69, 9.17) is 27.9 Å². The lowest BCUT2D eigenvalue weighted by Gasteiger charge is -2.28. The number of likely N-dealkylation sites (N-methyl/N-ethyl adjacent to an activating group) is 1. The van der Waals surface area contributed by atoms with Crippen molar-refractivity contribution in [3.8, 4) is 11.5 Å². The number of hydrogen-bond acceptors (Lipinski definition) is 6. The number of carbonyl (C=O) groups excluding carboxylic acids is 2. The van der Waals surface area contributed by atoms with E-state index in [1.165, 1.54) is 29.2 Å². The Bertz CT molecular complexity index is 1390. The number of carbonyl (C=O) groups is 2. The first kappa shape index (κ1) is 23.1. The van der Waals surface area contributed by atoms with Crippen LogP contribution in [0.2, 0.25) is 10.0 Å². The van der Waals surface area contributed by atoms with Crippen LogP contribution >= 0.6 is 23.2 Å². The number of ketones is 1. The fourth-order valence-electron chi connectivity index (χ4n) is 4.36. The number of aliphatic hydroxyl groups is 1. The Morgan fingerprint density at radius 3 is 2.46 bits per heavy atom. The molecule has 0 aromatic heterocycles. The van der Waals surface area contributed by atoms with Crippen LogP contribution in [0.15, 0.2) is 66.2 Å². The number of fused-ring (bicyclic) bond motifs is 1. The number of amides is 1. The van der Waals surface area contributed by atoms with Crippen LogP contribution in [0, 0.1) is 0 Å². The highest BCUT2D eigenvalue weighted by Gasteiger charge is 2.47. The van der Waals surface area contributed by atoms with Gasteiger partial charge in [-0.1, -0.05) is 35.3 Å². The highest BCUT2D eigenvalue weighted by molar-refractivity contribution is 6.52. The van der Waals surface area contributed by atoms with E-state index in [9.17, 15) is 19.8 Å². The quantitative estimate of drug-likeness (QED) is 0.287. The highest BCUT2D eigenvalue weighted by Crippen LogP contribution is 2.44. The van der Waals surface area contributed by atoms with Crippen molar-refractivity contribution in [1.82, 2.24) is 0 Å². The maximum absolute atomic E-state index is 13.3. The Morgan fingerprint density at radius 2 is 1.74 bits per heavy atom. The van der Waals surface area contributed by atoms with Crippen molar-refractivity contribution in [1.29, 1.82) is 0 Å². The predicted octanol–water partition coefficient (Wildman–Crippen LogP) is 5.15. The number of phenols is 1. The van der Waals surface area contributed by atoms with Gasteiger partial charge in [-0.2, -0.15) is 0 Å². The van der Waals surface area contributed by atoms with E-state index in [1.807, 2.05) is 11.9 Å². The molecule has 2 aliphatic heterocycles. The molecule has 0 aliphatic carbocycles. The maximum Gasteiger partial charge on any atom is 0.300 e. The summed E-state index contributed by atoms with van der Waals surface area (Å²) >= 11 is 12.3. The van der Waals surface area contributed by atoms with E-state index in [-0.39, 0.29) is 22.1 Å². The van der Waals surface area contributed by atoms with Crippen molar-refractivity contribution in [2.24, 2.45) is 0 Å². The molecule has 3 aromatic rings. The molecule has 1 unspecified atom stereocenters. The summed E-state index contributed by atoms with van der Waals surface area (Å²) in [4.78, 5) is 29.8. The Kier molecular flexibility index (Phi) is 5.83. The molecule has 1 saturated heterocycles. The standard InChI is InChI=1S/C26H20Cl2N2O5/c1-29-10-11-35-21-9-4-15(12-20(21)29)24(32)22-23(14-2-6-17(31)7-3-14)30(26(34)25(22)33)16-5-8-18(27)19(28)13-16/h2-9,12-13,23,31-32H,10-11H2,1H3/b24-22-. The minimum absolute atomic E-state index is 0.0259. The van der Waals surface area contributed by atoms with Gasteiger partial charge in [0.25, 0.3) is 11.7 Å². The molecule has 3 aromatic carbocycles. The van der Waals surface area contributed by atoms with Gasteiger partial charge in [-0.15, -0.1) is 0 Å². The van der Waals surface area contributed by atoms with Crippen molar-refractivity contribution in [3.05, 3.63) is 87.4 Å². The molecular formula is C26H20Cl2N2O5. The fraction of sp³-hybridized carbons (Fsp3) is 0.154. The summed E-state index contributed by atoms with van der Waals surface area (Å²) in [7, 11) is 1.91. The molecular weight excluding hydrogens is 491 g/mol. The third kappa shape index (κ3) is 3.96. The van der Waals surface area contributed by atoms with Gasteiger partial charge in [-0.05, 0) is 54.1 Å². The van der Waals surface area contributed by atoms with Crippen LogP contribution in [0.3, 0.4) is 0 Å². The number of phenolic OH excluding ortho intramolecular Hbond substituents is 1. The molecule has 2 heterocycles. The smallest absolute Gasteiger partial charge is 0.300 e. The topological polar surface area (TPSA) is 90.3 Å². The highest BCUT2D eigenvalue weighted by atomic mass is 35.5. The molecule has 2 aliphatic rings. The van der Waals surface area contributed by atoms with Crippen molar-refractivity contribution in [2.75, 3.05) is 30.0 Å². The number of nitrogens with zero attached hydrogens (tertiary/aromatic N) is 2. The number of benzene rings is 3. The average molecular weight is 511 g/mol. The lowest BCUT2D eigenvalue weighted by atomic mass is 9.94. The summed E-state index contributed by atoms with van der Waals surface area (Å²) < 4.78 is 5.67. The zero-order chi connectivity index (χ0) is 24.9. The van der Waals surface area contributed by atoms with Gasteiger partial charge in [0, 0.05) is 18.3 Å². The Labute approximate surface area is 211 Å². The van der Waals surface area contributed by atoms with E-state index in [0.717, 1.165) is 5.69 Å². The number of anilines is 2. The second-order valence-corrected chi connectivity index (χ2v) is 9.13. The third-order valence-corrected chi connectivity index (χ3v) is 6.90. The second kappa shape index (κ2) is 8.83. The summed E-state index contributed by atoms with van der Waals surface area (Å²) in [6.45, 7) is 1.22. The molecule has 178 valence electrons. The summed E-state index contributed by atoms with van der Waals surface area (Å²) in [6, 6.07) is 14.8. The first-order valence-electron chi connectivity index (χ1n) is 10.8. The summed E-state index contributed by atoms with van der Waals surface area (Å²) in [6.07, 6.45) is 0. The molecule has 0 radical (unpaired) electrons. The van der Waals surface area contributed by atoms with Gasteiger partial charge in [0.15, 0.2) is 0 Å². The molecule has 0 spiro atoms. The lowest BCUT2D eigenvalue weighted by Crippen LogP contribution is -2.29. The van der Waals surface area contributed by atoms with Gasteiger partial charge in [-0.25, -0.2) is 0 Å². The Hall–Kier alpha value is -3.68. The third-order valence-electron chi connectivity index (χ3n) is 6.16. The van der Waals surface area contributed by atoms with Gasteiger partial charge >= 0.3 is 0 Å². The summed E-state index contributed by atoms with van der Waals surface area (Å²) in [5.41, 5.74) is 1.92. The van der Waals surface area contributed by atoms with Crippen LogP contribution in [0.1, 0.15) is 17.2 Å². The van der Waals surface area contributed by atoms with Crippen molar-refractivity contribution in [2.45, 2.75) is 6.04 Å². The zero-order valence-electron chi connectivity index (χ0n) is 18.5. The number of aliphatic hydroxyl groups excluding tert-OH is 1. The first-order valence-corrected chi connectivity index (χ1v) is 11.5. The molecule has 0 bridgehead atoms. The molecule has 0 saturated carbocycles. The Morgan fingerprint density at radius 1 is 1.00 bits per heavy atom. The summed E-state index contributed by atoms with van der Waals surface area (Å²) in [5, 5.41) is 21.7. The van der Waals surface area contributed by atoms with Crippen molar-refractivity contribution in [3.63, 3.8) is 0 Å². The summed E-state index contributed by atoms with van der Waals surface area (Å²) in [5.74, 6) is -1.28. The monoisotopic (exact) mass is 510 g/mol. The number of hydrogen-bond donors (Lipinski definition) is 2. The van der Waals surface area contributed by atoms with E-state index in [0.29, 0.717) is 40.7 Å². The molecule has 2 N–H and O–H groups in total. The number of Topliss-reactive ketones (excluding diaryl/α,β-unsaturated/α-hetero) is 1. The Balaban J connectivity index is 1.70. The average Bonchev–Trinajstić information content (AvgIpc) is 3.11. The van der Waals surface area contributed by atoms with E-state index in [1.54, 1.807) is 36.4 Å². The van der Waals surface area contributed by atoms with Crippen LogP contribution < -0.4 is 14.5 Å². The zero-order valence-corrected chi connectivity index (χ0v) is 20.0. The van der Waals surface area contributed by atoms with Gasteiger partial charge < -0.3 is 19.8 Å². The maximum atomic E-state index is 13.3. The molecule has 9 heteroatoms. The predicted molar refractivity (Wildman–Crippen MR) is 135 cm³/mol. The van der Waals surface area contributed by atoms with Crippen molar-refractivity contribution >= 4 is 52.0 Å². The molecule has 1 amide bonds. The van der Waals surface area contributed by atoms with Crippen LogP contribution in [-0.4, -0.2) is 42.1 Å². The van der Waals surface area contributed by atoms with Gasteiger partial charge in [0.2, 0.25) is 0 Å². The number of aromatic hydroxyl groups is 1. The van der Waals surface area contributed by atoms with Crippen LogP contribution in [-0.2, 0) is 9.59 Å². The van der Waals surface area contributed by atoms with Gasteiger partial charge in [0.1, 0.15) is 23.9 Å². The minimum Gasteiger partial charge on any atom is -0.508 e. The molecule has 1 fully saturated rings. The molecule has 5 rings (SSSR count). The second-order valence-electron chi connectivity index (χ2n) is 8.31. The van der Waals surface area contributed by atoms with Crippen molar-refractivity contribution < 1.29 is 24.5 Å². The van der Waals surface area contributed by atoms with Gasteiger partial charge in [0.05, 0.1) is 33.9 Å². The molecule has 35 heavy (non-hydrogen) atoms. The fourth-order valence-corrected chi connectivity index (χ4v) is 4.65. The largest absolute Gasteiger partial charge is 0.508 e. The van der Waals surface area contributed by atoms with E-state index >= 15 is 0 Å². The normalized spacial score (nSPS) is 19.0. The number of ether oxygens (including phenoxy) is 1.